The summed E-state index contributed by atoms with van der Waals surface area (Å²) in [6, 6.07) is 6.97. The van der Waals surface area contributed by atoms with Gasteiger partial charge in [0.05, 0.1) is 18.1 Å². The van der Waals surface area contributed by atoms with E-state index < -0.39 is 0 Å². The van der Waals surface area contributed by atoms with E-state index in [1.807, 2.05) is 7.05 Å². The van der Waals surface area contributed by atoms with E-state index in [2.05, 4.69) is 15.3 Å². The maximum atomic E-state index is 12.7. The van der Waals surface area contributed by atoms with E-state index >= 15 is 0 Å². The molecule has 8 nitrogen and oxygen atoms in total. The Morgan fingerprint density at radius 3 is 2.07 bits per heavy atom. The Bertz CT molecular complexity index is 800. The zero-order chi connectivity index (χ0) is 19.4. The molecule has 8 heteroatoms. The first kappa shape index (κ1) is 18.8. The summed E-state index contributed by atoms with van der Waals surface area (Å²) in [4.78, 5) is 36.4. The molecule has 3 N–H and O–H groups in total. The van der Waals surface area contributed by atoms with Crippen molar-refractivity contribution in [2.24, 2.45) is 0 Å². The average molecular weight is 368 g/mol. The van der Waals surface area contributed by atoms with Crippen LogP contribution in [0.15, 0.2) is 36.7 Å². The van der Waals surface area contributed by atoms with Gasteiger partial charge in [0.15, 0.2) is 0 Å². The molecule has 0 atom stereocenters. The van der Waals surface area contributed by atoms with Crippen molar-refractivity contribution in [3.05, 3.63) is 47.8 Å². The molecule has 1 fully saturated rings. The quantitative estimate of drug-likeness (QED) is 0.839. The van der Waals surface area contributed by atoms with E-state index in [1.165, 1.54) is 17.3 Å². The molecule has 0 unspecified atom stereocenters. The molecule has 0 saturated carbocycles. The first-order chi connectivity index (χ1) is 13.0. The molecule has 1 aliphatic heterocycles. The zero-order valence-corrected chi connectivity index (χ0v) is 15.6. The lowest BCUT2D eigenvalue weighted by Crippen LogP contribution is -2.43. The van der Waals surface area contributed by atoms with Gasteiger partial charge in [-0.15, -0.1) is 0 Å². The summed E-state index contributed by atoms with van der Waals surface area (Å²) >= 11 is 0. The average Bonchev–Trinajstić information content (AvgIpc) is 2.73. The Morgan fingerprint density at radius 2 is 1.52 bits per heavy atom. The van der Waals surface area contributed by atoms with Crippen molar-refractivity contribution in [2.75, 3.05) is 37.8 Å². The highest BCUT2D eigenvalue weighted by molar-refractivity contribution is 6.06. The number of hydrogen-bond acceptors (Lipinski definition) is 6. The largest absolute Gasteiger partial charge is 0.368 e. The number of piperidine rings is 1. The van der Waals surface area contributed by atoms with Crippen molar-refractivity contribution in [3.8, 4) is 0 Å². The molecule has 2 heterocycles. The number of carbonyl (C=O) groups excluding carboxylic acids is 2. The van der Waals surface area contributed by atoms with Gasteiger partial charge < -0.3 is 20.9 Å². The van der Waals surface area contributed by atoms with Crippen LogP contribution >= 0.6 is 0 Å². The number of benzene rings is 1. The molecule has 1 aliphatic rings. The molecular formula is C19H24N6O2. The number of nitrogens with one attached hydrogen (secondary N) is 1. The van der Waals surface area contributed by atoms with Gasteiger partial charge in [-0.1, -0.05) is 0 Å². The fraction of sp³-hybridized carbons (Fsp3) is 0.368. The molecular weight excluding hydrogens is 344 g/mol. The van der Waals surface area contributed by atoms with Crippen LogP contribution in [0.1, 0.15) is 33.6 Å². The molecule has 0 spiro atoms. The van der Waals surface area contributed by atoms with E-state index in [4.69, 9.17) is 5.73 Å². The van der Waals surface area contributed by atoms with E-state index in [-0.39, 0.29) is 23.8 Å². The highest BCUT2D eigenvalue weighted by atomic mass is 16.2. The minimum Gasteiger partial charge on any atom is -0.368 e. The summed E-state index contributed by atoms with van der Waals surface area (Å²) in [5.74, 6) is -0.0874. The van der Waals surface area contributed by atoms with E-state index in [0.717, 1.165) is 25.9 Å². The maximum absolute atomic E-state index is 12.7. The van der Waals surface area contributed by atoms with Crippen molar-refractivity contribution in [1.82, 2.24) is 20.2 Å². The zero-order valence-electron chi connectivity index (χ0n) is 15.6. The summed E-state index contributed by atoms with van der Waals surface area (Å²) in [7, 11) is 3.48. The van der Waals surface area contributed by atoms with Crippen LogP contribution < -0.4 is 16.0 Å². The summed E-state index contributed by atoms with van der Waals surface area (Å²) < 4.78 is 0. The number of amides is 2. The van der Waals surface area contributed by atoms with Gasteiger partial charge in [-0.25, -0.2) is 9.97 Å². The molecule has 1 saturated heterocycles. The second-order valence-electron chi connectivity index (χ2n) is 6.64. The second-order valence-corrected chi connectivity index (χ2v) is 6.64. The van der Waals surface area contributed by atoms with Crippen molar-refractivity contribution in [1.29, 1.82) is 0 Å². The van der Waals surface area contributed by atoms with Crippen LogP contribution in [0, 0.1) is 0 Å². The van der Waals surface area contributed by atoms with Gasteiger partial charge in [-0.2, -0.15) is 0 Å². The molecule has 1 aromatic carbocycles. The lowest BCUT2D eigenvalue weighted by atomic mass is 10.0. The van der Waals surface area contributed by atoms with E-state index in [0.29, 0.717) is 16.8 Å². The number of anilines is 2. The fourth-order valence-electron chi connectivity index (χ4n) is 3.13. The number of nitrogens with zero attached hydrogens (tertiary/aromatic N) is 4. The van der Waals surface area contributed by atoms with Crippen LogP contribution in [-0.4, -0.2) is 59.9 Å². The second kappa shape index (κ2) is 8.13. The number of rotatable bonds is 4. The third-order valence-corrected chi connectivity index (χ3v) is 4.91. The van der Waals surface area contributed by atoms with Crippen LogP contribution in [0.2, 0.25) is 0 Å². The molecule has 2 amide bonds. The minimum atomic E-state index is -0.214. The van der Waals surface area contributed by atoms with Crippen molar-refractivity contribution >= 4 is 23.5 Å². The van der Waals surface area contributed by atoms with Gasteiger partial charge in [-0.05, 0) is 50.2 Å². The Hall–Kier alpha value is -3.00. The number of carbonyl (C=O) groups is 2. The molecule has 0 aliphatic carbocycles. The van der Waals surface area contributed by atoms with Crippen molar-refractivity contribution < 1.29 is 9.59 Å². The Morgan fingerprint density at radius 1 is 1.00 bits per heavy atom. The topological polar surface area (TPSA) is 104 Å². The van der Waals surface area contributed by atoms with Gasteiger partial charge in [0.2, 0.25) is 5.95 Å². The summed E-state index contributed by atoms with van der Waals surface area (Å²) in [6.07, 6.45) is 4.89. The first-order valence-corrected chi connectivity index (χ1v) is 8.91. The highest BCUT2D eigenvalue weighted by Crippen LogP contribution is 2.17. The monoisotopic (exact) mass is 368 g/mol. The predicted octanol–water partition coefficient (Wildman–Crippen LogP) is 1.16. The molecule has 2 aromatic rings. The number of hydrogen-bond donors (Lipinski definition) is 2. The van der Waals surface area contributed by atoms with E-state index in [9.17, 15) is 9.59 Å². The van der Waals surface area contributed by atoms with Gasteiger partial charge in [-0.3, -0.25) is 9.59 Å². The third-order valence-electron chi connectivity index (χ3n) is 4.91. The molecule has 142 valence electrons. The number of aromatic nitrogens is 2. The van der Waals surface area contributed by atoms with Crippen molar-refractivity contribution in [3.63, 3.8) is 0 Å². The third kappa shape index (κ3) is 4.22. The van der Waals surface area contributed by atoms with Crippen LogP contribution in [0.4, 0.5) is 11.6 Å². The Kier molecular flexibility index (Phi) is 5.66. The molecule has 0 bridgehead atoms. The van der Waals surface area contributed by atoms with Gasteiger partial charge in [0.25, 0.3) is 11.8 Å². The normalized spacial score (nSPS) is 14.6. The fourth-order valence-corrected chi connectivity index (χ4v) is 3.13. The smallest absolute Gasteiger partial charge is 0.258 e. The summed E-state index contributed by atoms with van der Waals surface area (Å²) in [5.41, 5.74) is 7.07. The predicted molar refractivity (Wildman–Crippen MR) is 104 cm³/mol. The molecule has 0 radical (unpaired) electrons. The minimum absolute atomic E-state index is 0.0267. The Balaban J connectivity index is 1.69. The molecule has 3 rings (SSSR count). The van der Waals surface area contributed by atoms with Crippen LogP contribution in [0.5, 0.6) is 0 Å². The van der Waals surface area contributed by atoms with Crippen LogP contribution in [-0.2, 0) is 0 Å². The van der Waals surface area contributed by atoms with E-state index in [1.54, 1.807) is 36.2 Å². The maximum Gasteiger partial charge on any atom is 0.258 e. The van der Waals surface area contributed by atoms with Gasteiger partial charge >= 0.3 is 0 Å². The molecule has 27 heavy (non-hydrogen) atoms. The van der Waals surface area contributed by atoms with Gasteiger partial charge in [0, 0.05) is 31.3 Å². The van der Waals surface area contributed by atoms with Crippen LogP contribution in [0.25, 0.3) is 0 Å². The first-order valence-electron chi connectivity index (χ1n) is 8.91. The lowest BCUT2D eigenvalue weighted by molar-refractivity contribution is 0.0703. The Labute approximate surface area is 158 Å². The van der Waals surface area contributed by atoms with Crippen molar-refractivity contribution in [2.45, 2.75) is 18.9 Å². The number of nitrogen functional groups attached to an aromatic ring is 1. The van der Waals surface area contributed by atoms with Crippen LogP contribution in [0.3, 0.4) is 0 Å². The summed E-state index contributed by atoms with van der Waals surface area (Å²) in [6.45, 7) is 1.85. The number of nitrogens with two attached hydrogens (primary N) is 1. The molecule has 1 aromatic heterocycles. The lowest BCUT2D eigenvalue weighted by Gasteiger charge is -2.31. The van der Waals surface area contributed by atoms with Gasteiger partial charge in [0.1, 0.15) is 0 Å². The summed E-state index contributed by atoms with van der Waals surface area (Å²) in [5, 5.41) is 3.30. The SMILES string of the molecule is CN(C(=O)c1ccc(C(=O)N(C)C2CCNCC2)cc1)c1cnc(N)nc1. The standard InChI is InChI=1S/C19H24N6O2/c1-24(15-7-9-21-10-8-15)17(26)13-3-5-14(6-4-13)18(27)25(2)16-11-22-19(20)23-12-16/h3-6,11-12,15,21H,7-10H2,1-2H3,(H2,20,22,23). The highest BCUT2D eigenvalue weighted by Gasteiger charge is 2.23.